The number of hydrogen-bond acceptors (Lipinski definition) is 3. The average molecular weight is 389 g/mol. The van der Waals surface area contributed by atoms with E-state index in [9.17, 15) is 13.2 Å². The van der Waals surface area contributed by atoms with Gasteiger partial charge in [-0.1, -0.05) is 61.9 Å². The largest absolute Gasteiger partial charge is 0.354 e. The van der Waals surface area contributed by atoms with Crippen LogP contribution in [-0.4, -0.2) is 33.7 Å². The maximum Gasteiger partial charge on any atom is 0.232 e. The second kappa shape index (κ2) is 9.04. The third kappa shape index (κ3) is 6.10. The van der Waals surface area contributed by atoms with Crippen LogP contribution >= 0.6 is 0 Å². The van der Waals surface area contributed by atoms with Crippen LogP contribution in [0.4, 0.5) is 5.69 Å². The molecule has 0 unspecified atom stereocenters. The molecule has 0 spiro atoms. The van der Waals surface area contributed by atoms with Crippen LogP contribution in [0, 0.1) is 6.92 Å². The van der Waals surface area contributed by atoms with Gasteiger partial charge in [0.15, 0.2) is 0 Å². The maximum atomic E-state index is 12.3. The molecule has 0 fully saturated rings. The summed E-state index contributed by atoms with van der Waals surface area (Å²) in [6.07, 6.45) is 1.47. The quantitative estimate of drug-likeness (QED) is 0.755. The summed E-state index contributed by atoms with van der Waals surface area (Å²) < 4.78 is 26.0. The number of nitrogens with one attached hydrogen (secondary N) is 1. The molecule has 0 atom stereocenters. The fraction of sp³-hybridized carbons (Fsp3) is 0.381. The van der Waals surface area contributed by atoms with Crippen molar-refractivity contribution >= 4 is 21.6 Å². The summed E-state index contributed by atoms with van der Waals surface area (Å²) in [7, 11) is -3.45. The molecule has 0 heterocycles. The van der Waals surface area contributed by atoms with Crippen molar-refractivity contribution in [2.75, 3.05) is 23.7 Å². The van der Waals surface area contributed by atoms with E-state index in [0.717, 1.165) is 16.7 Å². The lowest BCUT2D eigenvalue weighted by Gasteiger charge is -2.26. The maximum absolute atomic E-state index is 12.3. The zero-order valence-electron chi connectivity index (χ0n) is 16.4. The molecular formula is C21H28N2O3S. The van der Waals surface area contributed by atoms with Crippen LogP contribution in [-0.2, 0) is 21.2 Å². The van der Waals surface area contributed by atoms with Crippen molar-refractivity contribution in [3.8, 4) is 0 Å². The van der Waals surface area contributed by atoms with Gasteiger partial charge in [0, 0.05) is 6.54 Å². The van der Waals surface area contributed by atoms with E-state index < -0.39 is 10.0 Å². The van der Waals surface area contributed by atoms with E-state index in [-0.39, 0.29) is 31.3 Å². The highest BCUT2D eigenvalue weighted by molar-refractivity contribution is 7.92. The number of sulfonamides is 1. The standard InChI is InChI=1S/C21H28N2O3S/c1-16(2)19-7-5-6-8-20(19)23(27(4,25)26)14-13-22-21(24)15-18-11-9-17(3)10-12-18/h5-12,16H,13-15H2,1-4H3,(H,22,24). The highest BCUT2D eigenvalue weighted by atomic mass is 32.2. The number of aryl methyl sites for hydroxylation is 1. The molecule has 146 valence electrons. The van der Waals surface area contributed by atoms with Crippen molar-refractivity contribution in [2.45, 2.75) is 33.1 Å². The van der Waals surface area contributed by atoms with Gasteiger partial charge in [-0.3, -0.25) is 9.10 Å². The molecule has 1 N–H and O–H groups in total. The van der Waals surface area contributed by atoms with Crippen LogP contribution in [0.3, 0.4) is 0 Å². The van der Waals surface area contributed by atoms with Crippen LogP contribution < -0.4 is 9.62 Å². The van der Waals surface area contributed by atoms with Gasteiger partial charge >= 0.3 is 0 Å². The first-order chi connectivity index (χ1) is 12.7. The number of carbonyl (C=O) groups is 1. The van der Waals surface area contributed by atoms with Gasteiger partial charge in [-0.2, -0.15) is 0 Å². The molecule has 0 aliphatic rings. The Morgan fingerprint density at radius 2 is 1.70 bits per heavy atom. The normalized spacial score (nSPS) is 11.4. The monoisotopic (exact) mass is 388 g/mol. The zero-order valence-corrected chi connectivity index (χ0v) is 17.2. The fourth-order valence-corrected chi connectivity index (χ4v) is 3.86. The number of para-hydroxylation sites is 1. The predicted molar refractivity (Wildman–Crippen MR) is 111 cm³/mol. The summed E-state index contributed by atoms with van der Waals surface area (Å²) in [5.74, 6) is 0.0750. The number of nitrogens with zero attached hydrogens (tertiary/aromatic N) is 1. The minimum absolute atomic E-state index is 0.121. The molecule has 2 aromatic carbocycles. The molecule has 0 radical (unpaired) electrons. The topological polar surface area (TPSA) is 66.5 Å². The van der Waals surface area contributed by atoms with E-state index in [2.05, 4.69) is 5.32 Å². The van der Waals surface area contributed by atoms with Crippen molar-refractivity contribution in [1.29, 1.82) is 0 Å². The number of carbonyl (C=O) groups excluding carboxylic acids is 1. The van der Waals surface area contributed by atoms with Gasteiger partial charge < -0.3 is 5.32 Å². The summed E-state index contributed by atoms with van der Waals surface area (Å²) >= 11 is 0. The molecule has 5 nitrogen and oxygen atoms in total. The zero-order chi connectivity index (χ0) is 20.0. The third-order valence-corrected chi connectivity index (χ3v) is 5.53. The molecular weight excluding hydrogens is 360 g/mol. The molecule has 0 aliphatic heterocycles. The Morgan fingerprint density at radius 1 is 1.07 bits per heavy atom. The van der Waals surface area contributed by atoms with Gasteiger partial charge in [0.1, 0.15) is 0 Å². The summed E-state index contributed by atoms with van der Waals surface area (Å²) in [6.45, 7) is 6.51. The lowest BCUT2D eigenvalue weighted by Crippen LogP contribution is -2.39. The molecule has 0 saturated heterocycles. The molecule has 0 aliphatic carbocycles. The lowest BCUT2D eigenvalue weighted by molar-refractivity contribution is -0.120. The van der Waals surface area contributed by atoms with E-state index in [1.54, 1.807) is 0 Å². The Labute approximate surface area is 162 Å². The van der Waals surface area contributed by atoms with Gasteiger partial charge in [0.2, 0.25) is 15.9 Å². The Balaban J connectivity index is 2.04. The second-order valence-corrected chi connectivity index (χ2v) is 8.97. The van der Waals surface area contributed by atoms with Crippen molar-refractivity contribution in [2.24, 2.45) is 0 Å². The SMILES string of the molecule is Cc1ccc(CC(=O)NCCN(c2ccccc2C(C)C)S(C)(=O)=O)cc1. The highest BCUT2D eigenvalue weighted by Gasteiger charge is 2.21. The predicted octanol–water partition coefficient (Wildman–Crippen LogP) is 3.24. The van der Waals surface area contributed by atoms with E-state index >= 15 is 0 Å². The second-order valence-electron chi connectivity index (χ2n) is 7.06. The highest BCUT2D eigenvalue weighted by Crippen LogP contribution is 2.28. The fourth-order valence-electron chi connectivity index (χ4n) is 2.92. The first-order valence-electron chi connectivity index (χ1n) is 9.07. The first-order valence-corrected chi connectivity index (χ1v) is 10.9. The van der Waals surface area contributed by atoms with Gasteiger partial charge in [0.05, 0.1) is 24.9 Å². The van der Waals surface area contributed by atoms with Crippen LogP contribution in [0.15, 0.2) is 48.5 Å². The van der Waals surface area contributed by atoms with Gasteiger partial charge in [-0.25, -0.2) is 8.42 Å². The van der Waals surface area contributed by atoms with Crippen molar-refractivity contribution in [3.63, 3.8) is 0 Å². The van der Waals surface area contributed by atoms with E-state index in [1.807, 2.05) is 69.3 Å². The Morgan fingerprint density at radius 3 is 2.30 bits per heavy atom. The molecule has 27 heavy (non-hydrogen) atoms. The van der Waals surface area contributed by atoms with Crippen LogP contribution in [0.25, 0.3) is 0 Å². The number of amides is 1. The van der Waals surface area contributed by atoms with E-state index in [0.29, 0.717) is 5.69 Å². The van der Waals surface area contributed by atoms with Crippen molar-refractivity contribution < 1.29 is 13.2 Å². The van der Waals surface area contributed by atoms with Crippen molar-refractivity contribution in [1.82, 2.24) is 5.32 Å². The molecule has 2 aromatic rings. The summed E-state index contributed by atoms with van der Waals surface area (Å²) in [5.41, 5.74) is 3.71. The Kier molecular flexibility index (Phi) is 7.02. The molecule has 0 aromatic heterocycles. The van der Waals surface area contributed by atoms with E-state index in [4.69, 9.17) is 0 Å². The molecule has 1 amide bonds. The number of rotatable bonds is 8. The van der Waals surface area contributed by atoms with Gasteiger partial charge in [0.25, 0.3) is 0 Å². The van der Waals surface area contributed by atoms with Crippen LogP contribution in [0.1, 0.15) is 36.5 Å². The molecule has 2 rings (SSSR count). The number of anilines is 1. The molecule has 0 saturated carbocycles. The number of benzene rings is 2. The van der Waals surface area contributed by atoms with Crippen LogP contribution in [0.2, 0.25) is 0 Å². The summed E-state index contributed by atoms with van der Waals surface area (Å²) in [4.78, 5) is 12.2. The Hall–Kier alpha value is -2.34. The number of hydrogen-bond donors (Lipinski definition) is 1. The summed E-state index contributed by atoms with van der Waals surface area (Å²) in [5, 5.41) is 2.82. The molecule has 0 bridgehead atoms. The average Bonchev–Trinajstić information content (AvgIpc) is 2.59. The smallest absolute Gasteiger partial charge is 0.232 e. The van der Waals surface area contributed by atoms with Crippen molar-refractivity contribution in [3.05, 3.63) is 65.2 Å². The lowest BCUT2D eigenvalue weighted by atomic mass is 10.0. The first kappa shape index (κ1) is 21.0. The molecule has 6 heteroatoms. The van der Waals surface area contributed by atoms with Gasteiger partial charge in [-0.15, -0.1) is 0 Å². The van der Waals surface area contributed by atoms with Gasteiger partial charge in [-0.05, 0) is 30.0 Å². The third-order valence-electron chi connectivity index (χ3n) is 4.35. The van der Waals surface area contributed by atoms with E-state index in [1.165, 1.54) is 10.6 Å². The minimum atomic E-state index is -3.45. The minimum Gasteiger partial charge on any atom is -0.354 e. The van der Waals surface area contributed by atoms with Crippen LogP contribution in [0.5, 0.6) is 0 Å². The summed E-state index contributed by atoms with van der Waals surface area (Å²) in [6, 6.07) is 15.3. The Bertz CT molecular complexity index is 875.